The van der Waals surface area contributed by atoms with Gasteiger partial charge in [0.15, 0.2) is 0 Å². The van der Waals surface area contributed by atoms with Crippen molar-refractivity contribution >= 4 is 31.6 Å². The van der Waals surface area contributed by atoms with Crippen molar-refractivity contribution in [3.8, 4) is 23.6 Å². The van der Waals surface area contributed by atoms with Crippen molar-refractivity contribution in [1.29, 1.82) is 10.5 Å². The molecule has 0 unspecified atom stereocenters. The lowest BCUT2D eigenvalue weighted by molar-refractivity contribution is -0.0429. The Morgan fingerprint density at radius 3 is 2.38 bits per heavy atom. The number of sulfonamides is 1. The van der Waals surface area contributed by atoms with Gasteiger partial charge >= 0.3 is 15.5 Å². The second-order valence-electron chi connectivity index (χ2n) is 4.70. The zero-order valence-electron chi connectivity index (χ0n) is 12.5. The third-order valence-corrected chi connectivity index (χ3v) is 4.84. The summed E-state index contributed by atoms with van der Waals surface area (Å²) < 4.78 is 66.7. The van der Waals surface area contributed by atoms with Gasteiger partial charge in [-0.25, -0.2) is 0 Å². The largest absolute Gasteiger partial charge is 0.516 e. The molecule has 0 amide bonds. The molecule has 0 aliphatic carbocycles. The molecule has 6 nitrogen and oxygen atoms in total. The molecule has 0 heterocycles. The molecule has 2 rings (SSSR count). The van der Waals surface area contributed by atoms with Gasteiger partial charge in [0.1, 0.15) is 17.6 Å². The number of hydrogen-bond acceptors (Lipinski definition) is 5. The summed E-state index contributed by atoms with van der Waals surface area (Å²) in [6, 6.07) is 11.7. The van der Waals surface area contributed by atoms with E-state index in [-0.39, 0.29) is 16.0 Å². The number of nitrogens with zero attached hydrogens (tertiary/aromatic N) is 2. The van der Waals surface area contributed by atoms with Gasteiger partial charge in [-0.1, -0.05) is 6.07 Å². The van der Waals surface area contributed by atoms with Crippen molar-refractivity contribution in [2.24, 2.45) is 0 Å². The Morgan fingerprint density at radius 2 is 1.81 bits per heavy atom. The van der Waals surface area contributed by atoms with Crippen LogP contribution in [0.1, 0.15) is 11.1 Å². The van der Waals surface area contributed by atoms with Crippen LogP contribution < -0.4 is 9.46 Å². The first kappa shape index (κ1) is 19.6. The van der Waals surface area contributed by atoms with Gasteiger partial charge in [-0.2, -0.15) is 32.1 Å². The fourth-order valence-electron chi connectivity index (χ4n) is 1.79. The number of benzene rings is 2. The molecule has 0 aliphatic heterocycles. The third-order valence-electron chi connectivity index (χ3n) is 2.96. The first-order valence-corrected chi connectivity index (χ1v) is 8.86. The number of halogens is 4. The number of ether oxygens (including phenoxy) is 1. The summed E-state index contributed by atoms with van der Waals surface area (Å²) in [5.74, 6) is 0.295. The highest BCUT2D eigenvalue weighted by Crippen LogP contribution is 2.37. The Labute approximate surface area is 154 Å². The van der Waals surface area contributed by atoms with Crippen LogP contribution in [0.15, 0.2) is 40.9 Å². The van der Waals surface area contributed by atoms with E-state index in [4.69, 9.17) is 10.00 Å². The molecule has 2 aromatic carbocycles. The number of hydrogen-bond donors (Lipinski definition) is 1. The van der Waals surface area contributed by atoms with E-state index in [1.54, 1.807) is 12.1 Å². The topological polar surface area (TPSA) is 103 Å². The smallest absolute Gasteiger partial charge is 0.456 e. The fraction of sp³-hybridized carbons (Fsp3) is 0.0667. The maximum Gasteiger partial charge on any atom is 0.516 e. The summed E-state index contributed by atoms with van der Waals surface area (Å²) in [5.41, 5.74) is -6.17. The fourth-order valence-corrected chi connectivity index (χ4v) is 2.88. The van der Waals surface area contributed by atoms with Gasteiger partial charge in [-0.05, 0) is 46.3 Å². The van der Waals surface area contributed by atoms with Gasteiger partial charge in [0, 0.05) is 0 Å². The van der Waals surface area contributed by atoms with Crippen LogP contribution in [0, 0.1) is 22.7 Å². The van der Waals surface area contributed by atoms with Crippen molar-refractivity contribution in [2.45, 2.75) is 5.51 Å². The molecule has 0 saturated carbocycles. The Morgan fingerprint density at radius 1 is 1.12 bits per heavy atom. The SMILES string of the molecule is N#Cc1cccc(Oc2ccc(NS(=O)(=O)C(F)(F)F)c(C#N)c2Br)c1. The standard InChI is InChI=1S/C15H7BrF3N3O3S/c16-14-11(8-21)12(22-26(23,24)15(17,18)19)4-5-13(14)25-10-3-1-2-9(6-10)7-20/h1-6,22H. The summed E-state index contributed by atoms with van der Waals surface area (Å²) in [5, 5.41) is 18.0. The van der Waals surface area contributed by atoms with E-state index in [2.05, 4.69) is 15.9 Å². The summed E-state index contributed by atoms with van der Waals surface area (Å²) in [7, 11) is -5.68. The average Bonchev–Trinajstić information content (AvgIpc) is 2.56. The Hall–Kier alpha value is -2.76. The number of alkyl halides is 3. The minimum atomic E-state index is -5.68. The van der Waals surface area contributed by atoms with Crippen molar-refractivity contribution < 1.29 is 26.3 Å². The van der Waals surface area contributed by atoms with Crippen molar-refractivity contribution in [3.63, 3.8) is 0 Å². The lowest BCUT2D eigenvalue weighted by Crippen LogP contribution is -2.30. The molecule has 0 bridgehead atoms. The second-order valence-corrected chi connectivity index (χ2v) is 7.17. The highest BCUT2D eigenvalue weighted by atomic mass is 79.9. The van der Waals surface area contributed by atoms with E-state index in [1.165, 1.54) is 29.0 Å². The lowest BCUT2D eigenvalue weighted by Gasteiger charge is -2.14. The normalized spacial score (nSPS) is 11.3. The number of rotatable bonds is 4. The zero-order chi connectivity index (χ0) is 19.5. The van der Waals surface area contributed by atoms with Crippen LogP contribution in [0.2, 0.25) is 0 Å². The molecule has 0 fully saturated rings. The highest BCUT2D eigenvalue weighted by Gasteiger charge is 2.46. The van der Waals surface area contributed by atoms with Crippen LogP contribution in [-0.4, -0.2) is 13.9 Å². The predicted molar refractivity (Wildman–Crippen MR) is 88.7 cm³/mol. The third kappa shape index (κ3) is 4.07. The van der Waals surface area contributed by atoms with E-state index in [1.807, 2.05) is 6.07 Å². The van der Waals surface area contributed by atoms with Gasteiger partial charge in [-0.3, -0.25) is 4.72 Å². The van der Waals surface area contributed by atoms with Crippen LogP contribution in [0.3, 0.4) is 0 Å². The molecule has 0 saturated heterocycles. The monoisotopic (exact) mass is 445 g/mol. The first-order valence-electron chi connectivity index (χ1n) is 6.59. The van der Waals surface area contributed by atoms with E-state index in [0.717, 1.165) is 6.07 Å². The van der Waals surface area contributed by atoms with Gasteiger partial charge in [0.2, 0.25) is 0 Å². The molecule has 1 N–H and O–H groups in total. The van der Waals surface area contributed by atoms with E-state index < -0.39 is 26.8 Å². The maximum absolute atomic E-state index is 12.5. The minimum Gasteiger partial charge on any atom is -0.456 e. The van der Waals surface area contributed by atoms with Crippen molar-refractivity contribution in [3.05, 3.63) is 52.0 Å². The van der Waals surface area contributed by atoms with E-state index >= 15 is 0 Å². The highest BCUT2D eigenvalue weighted by molar-refractivity contribution is 9.10. The van der Waals surface area contributed by atoms with Gasteiger partial charge in [-0.15, -0.1) is 0 Å². The summed E-state index contributed by atoms with van der Waals surface area (Å²) in [4.78, 5) is 0. The minimum absolute atomic E-state index is 0.0478. The Kier molecular flexibility index (Phi) is 5.44. The first-order chi connectivity index (χ1) is 12.1. The van der Waals surface area contributed by atoms with Gasteiger partial charge in [0.25, 0.3) is 0 Å². The lowest BCUT2D eigenvalue weighted by atomic mass is 10.2. The predicted octanol–water partition coefficient (Wildman–Crippen LogP) is 4.25. The quantitative estimate of drug-likeness (QED) is 0.757. The van der Waals surface area contributed by atoms with Crippen molar-refractivity contribution in [2.75, 3.05) is 4.72 Å². The van der Waals surface area contributed by atoms with E-state index in [0.29, 0.717) is 5.56 Å². The molecule has 0 atom stereocenters. The molecule has 0 radical (unpaired) electrons. The summed E-state index contributed by atoms with van der Waals surface area (Å²) in [6.45, 7) is 0. The van der Waals surface area contributed by atoms with Crippen LogP contribution in [0.4, 0.5) is 18.9 Å². The summed E-state index contributed by atoms with van der Waals surface area (Å²) >= 11 is 3.01. The molecule has 0 aliphatic rings. The number of nitrogens with one attached hydrogen (secondary N) is 1. The Bertz CT molecular complexity index is 1040. The van der Waals surface area contributed by atoms with E-state index in [9.17, 15) is 26.9 Å². The van der Waals surface area contributed by atoms with Crippen LogP contribution in [-0.2, 0) is 10.0 Å². The molecule has 0 aromatic heterocycles. The molecule has 11 heteroatoms. The molecule has 0 spiro atoms. The zero-order valence-corrected chi connectivity index (χ0v) is 14.9. The average molecular weight is 446 g/mol. The van der Waals surface area contributed by atoms with Gasteiger partial charge in [0.05, 0.1) is 27.4 Å². The Balaban J connectivity index is 2.42. The van der Waals surface area contributed by atoms with Gasteiger partial charge < -0.3 is 4.74 Å². The molecular weight excluding hydrogens is 439 g/mol. The number of nitriles is 2. The van der Waals surface area contributed by atoms with Crippen LogP contribution >= 0.6 is 15.9 Å². The van der Waals surface area contributed by atoms with Crippen LogP contribution in [0.5, 0.6) is 11.5 Å². The summed E-state index contributed by atoms with van der Waals surface area (Å²) in [6.07, 6.45) is 0. The number of anilines is 1. The second kappa shape index (κ2) is 7.23. The molecule has 26 heavy (non-hydrogen) atoms. The van der Waals surface area contributed by atoms with Crippen molar-refractivity contribution in [1.82, 2.24) is 0 Å². The van der Waals surface area contributed by atoms with Crippen LogP contribution in [0.25, 0.3) is 0 Å². The molecule has 134 valence electrons. The maximum atomic E-state index is 12.5. The molecular formula is C15H7BrF3N3O3S. The molecule has 2 aromatic rings.